The standard InChI is InChI=1S/C40H30Cl2F4N4O5/c1-2-19-6-12-23(13-7-19)49-35(52)25-15-14-24-27(31(25)37(49)54)17-28-36(53)50(48-34-29(42)16-21(18-47-34)40(44,45)46)38(55)39(28,20-8-10-22(41)11-9-20)32(24)26-4-3-5-30(43)33(26)51/h3-14,16,18,25,27-28,31-32,51H,2,15,17H2,1H3,(H,47,48)/t25-,27+,28-,31-,32+,39+/m0/s1. The molecule has 55 heavy (non-hydrogen) atoms. The molecule has 2 N–H and O–H groups in total. The van der Waals surface area contributed by atoms with E-state index in [1.807, 2.05) is 19.1 Å². The molecule has 8 rings (SSSR count). The number of fused-ring (bicyclic) bond motifs is 4. The van der Waals surface area contributed by atoms with Crippen molar-refractivity contribution >= 4 is 58.3 Å². The van der Waals surface area contributed by atoms with Crippen LogP contribution in [0.5, 0.6) is 5.75 Å². The normalized spacial score (nSPS) is 26.2. The second-order valence-corrected chi connectivity index (χ2v) is 15.0. The number of nitrogens with one attached hydrogen (secondary N) is 1. The van der Waals surface area contributed by atoms with Crippen LogP contribution in [0.25, 0.3) is 0 Å². The van der Waals surface area contributed by atoms with Gasteiger partial charge in [-0.3, -0.25) is 29.5 Å². The Labute approximate surface area is 321 Å². The molecular weight excluding hydrogens is 763 g/mol. The molecule has 2 aliphatic carbocycles. The van der Waals surface area contributed by atoms with Crippen LogP contribution in [0.4, 0.5) is 29.1 Å². The van der Waals surface area contributed by atoms with Crippen LogP contribution in [0, 0.1) is 29.5 Å². The first-order valence-corrected chi connectivity index (χ1v) is 18.2. The second-order valence-electron chi connectivity index (χ2n) is 14.1. The van der Waals surface area contributed by atoms with Gasteiger partial charge < -0.3 is 5.11 Å². The maximum absolute atomic E-state index is 15.3. The summed E-state index contributed by atoms with van der Waals surface area (Å²) in [6, 6.07) is 17.5. The van der Waals surface area contributed by atoms with Crippen molar-refractivity contribution in [3.05, 3.63) is 129 Å². The van der Waals surface area contributed by atoms with Crippen molar-refractivity contribution in [2.75, 3.05) is 10.3 Å². The fraction of sp³-hybridized carbons (Fsp3) is 0.275. The van der Waals surface area contributed by atoms with Crippen molar-refractivity contribution in [1.82, 2.24) is 9.99 Å². The zero-order valence-electron chi connectivity index (χ0n) is 28.8. The molecule has 15 heteroatoms. The van der Waals surface area contributed by atoms with E-state index in [2.05, 4.69) is 10.4 Å². The minimum Gasteiger partial charge on any atom is -0.505 e. The molecule has 4 aliphatic rings. The van der Waals surface area contributed by atoms with Crippen LogP contribution in [-0.2, 0) is 37.2 Å². The predicted molar refractivity (Wildman–Crippen MR) is 193 cm³/mol. The number of hydrazine groups is 1. The minimum absolute atomic E-state index is 0.0492. The highest BCUT2D eigenvalue weighted by Gasteiger charge is 2.71. The number of aryl methyl sites for hydroxylation is 1. The number of amides is 4. The minimum atomic E-state index is -4.78. The van der Waals surface area contributed by atoms with Crippen molar-refractivity contribution in [3.8, 4) is 5.75 Å². The first kappa shape index (κ1) is 36.7. The number of allylic oxidation sites excluding steroid dienone is 2. The van der Waals surface area contributed by atoms with Gasteiger partial charge in [0.25, 0.3) is 11.8 Å². The number of pyridine rings is 1. The van der Waals surface area contributed by atoms with Gasteiger partial charge in [0.15, 0.2) is 17.4 Å². The van der Waals surface area contributed by atoms with Gasteiger partial charge in [0.1, 0.15) is 0 Å². The summed E-state index contributed by atoms with van der Waals surface area (Å²) in [7, 11) is 0. The van der Waals surface area contributed by atoms with Crippen molar-refractivity contribution < 1.29 is 41.8 Å². The number of nitrogens with zero attached hydrogens (tertiary/aromatic N) is 3. The Balaban J connectivity index is 1.31. The van der Waals surface area contributed by atoms with Crippen molar-refractivity contribution in [1.29, 1.82) is 0 Å². The number of aromatic hydroxyl groups is 1. The molecule has 282 valence electrons. The second kappa shape index (κ2) is 13.2. The fourth-order valence-electron chi connectivity index (χ4n) is 9.03. The number of phenols is 1. The molecule has 2 aliphatic heterocycles. The summed E-state index contributed by atoms with van der Waals surface area (Å²) in [4.78, 5) is 63.4. The van der Waals surface area contributed by atoms with Crippen LogP contribution in [0.2, 0.25) is 10.0 Å². The Morgan fingerprint density at radius 1 is 0.945 bits per heavy atom. The van der Waals surface area contributed by atoms with Crippen LogP contribution in [-0.4, -0.2) is 38.7 Å². The topological polar surface area (TPSA) is 120 Å². The quantitative estimate of drug-likeness (QED) is 0.115. The lowest BCUT2D eigenvalue weighted by atomic mass is 9.49. The van der Waals surface area contributed by atoms with Gasteiger partial charge in [0.2, 0.25) is 11.8 Å². The number of carbonyl (C=O) groups is 4. The Morgan fingerprint density at radius 3 is 2.31 bits per heavy atom. The van der Waals surface area contributed by atoms with Crippen LogP contribution in [0.15, 0.2) is 90.6 Å². The Kier molecular flexibility index (Phi) is 8.80. The first-order valence-electron chi connectivity index (χ1n) is 17.5. The van der Waals surface area contributed by atoms with Crippen molar-refractivity contribution in [2.24, 2.45) is 23.7 Å². The molecule has 4 aromatic rings. The third kappa shape index (κ3) is 5.53. The van der Waals surface area contributed by atoms with Gasteiger partial charge in [-0.15, -0.1) is 0 Å². The zero-order valence-corrected chi connectivity index (χ0v) is 30.3. The lowest BCUT2D eigenvalue weighted by Gasteiger charge is -2.50. The van der Waals surface area contributed by atoms with E-state index in [4.69, 9.17) is 23.2 Å². The number of alkyl halides is 3. The molecule has 1 saturated carbocycles. The van der Waals surface area contributed by atoms with E-state index < -0.39 is 92.8 Å². The summed E-state index contributed by atoms with van der Waals surface area (Å²) >= 11 is 12.5. The van der Waals surface area contributed by atoms with Gasteiger partial charge >= 0.3 is 6.18 Å². The molecule has 0 radical (unpaired) electrons. The van der Waals surface area contributed by atoms with Crippen LogP contribution >= 0.6 is 23.2 Å². The van der Waals surface area contributed by atoms with E-state index in [0.717, 1.165) is 23.0 Å². The third-order valence-electron chi connectivity index (χ3n) is 11.5. The van der Waals surface area contributed by atoms with E-state index in [-0.39, 0.29) is 24.0 Å². The number of anilines is 2. The maximum atomic E-state index is 15.3. The number of para-hydroxylation sites is 1. The number of hydrogen-bond donors (Lipinski definition) is 2. The molecule has 3 heterocycles. The van der Waals surface area contributed by atoms with Crippen LogP contribution in [0.3, 0.4) is 0 Å². The van der Waals surface area contributed by atoms with E-state index in [1.165, 1.54) is 36.4 Å². The van der Waals surface area contributed by atoms with E-state index in [9.17, 15) is 32.7 Å². The number of imide groups is 2. The van der Waals surface area contributed by atoms with E-state index in [1.54, 1.807) is 18.2 Å². The van der Waals surface area contributed by atoms with Crippen LogP contribution < -0.4 is 10.3 Å². The Hall–Kier alpha value is -5.27. The highest BCUT2D eigenvalue weighted by molar-refractivity contribution is 6.33. The number of halogens is 6. The average molecular weight is 794 g/mol. The summed E-state index contributed by atoms with van der Waals surface area (Å²) in [5, 5.41) is 11.8. The van der Waals surface area contributed by atoms with Crippen LogP contribution in [0.1, 0.15) is 47.9 Å². The van der Waals surface area contributed by atoms with E-state index >= 15 is 9.18 Å². The number of benzene rings is 3. The number of rotatable bonds is 6. The highest BCUT2D eigenvalue weighted by atomic mass is 35.5. The molecule has 0 bridgehead atoms. The molecule has 3 fully saturated rings. The first-order chi connectivity index (χ1) is 26.2. The Bertz CT molecular complexity index is 2320. The Morgan fingerprint density at radius 2 is 1.65 bits per heavy atom. The molecular formula is C40H30Cl2F4N4O5. The molecule has 2 saturated heterocycles. The number of carbonyl (C=O) groups excluding carboxylic acids is 4. The van der Waals surface area contributed by atoms with Crippen molar-refractivity contribution in [3.63, 3.8) is 0 Å². The summed E-state index contributed by atoms with van der Waals surface area (Å²) < 4.78 is 55.7. The van der Waals surface area contributed by atoms with Gasteiger partial charge in [-0.05, 0) is 72.7 Å². The SMILES string of the molecule is CCc1ccc(N2C(=O)[C@H]3[C@H](CC=C4[C@H]3C[C@H]3C(=O)N(Nc5ncc(C(F)(F)F)cc5Cl)C(=O)[C@@]3(c3ccc(Cl)cc3)[C@H]4c3cccc(F)c3O)C2=O)cc1. The fourth-order valence-corrected chi connectivity index (χ4v) is 9.36. The van der Waals surface area contributed by atoms with Gasteiger partial charge in [-0.1, -0.05) is 78.2 Å². The summed E-state index contributed by atoms with van der Waals surface area (Å²) in [5.41, 5.74) is 1.50. The zero-order chi connectivity index (χ0) is 39.1. The smallest absolute Gasteiger partial charge is 0.417 e. The molecule has 0 unspecified atom stereocenters. The molecule has 3 aromatic carbocycles. The largest absolute Gasteiger partial charge is 0.505 e. The van der Waals surface area contributed by atoms with Gasteiger partial charge in [-0.25, -0.2) is 9.37 Å². The van der Waals surface area contributed by atoms with Gasteiger partial charge in [0, 0.05) is 22.7 Å². The predicted octanol–water partition coefficient (Wildman–Crippen LogP) is 8.00. The number of aromatic nitrogens is 1. The average Bonchev–Trinajstić information content (AvgIpc) is 3.54. The molecule has 1 aromatic heterocycles. The lowest BCUT2D eigenvalue weighted by molar-refractivity contribution is -0.139. The van der Waals surface area contributed by atoms with Gasteiger partial charge in [-0.2, -0.15) is 18.2 Å². The summed E-state index contributed by atoms with van der Waals surface area (Å²) in [5.74, 6) is -10.1. The number of hydrogen-bond acceptors (Lipinski definition) is 7. The van der Waals surface area contributed by atoms with Crippen molar-refractivity contribution in [2.45, 2.75) is 43.7 Å². The molecule has 0 spiro atoms. The maximum Gasteiger partial charge on any atom is 0.417 e. The molecule has 6 atom stereocenters. The summed E-state index contributed by atoms with van der Waals surface area (Å²) in [6.07, 6.45) is -1.86. The lowest BCUT2D eigenvalue weighted by Crippen LogP contribution is -2.53. The van der Waals surface area contributed by atoms with Gasteiger partial charge in [0.05, 0.1) is 39.4 Å². The number of phenolic OH excluding ortho intramolecular Hbond substituents is 1. The summed E-state index contributed by atoms with van der Waals surface area (Å²) in [6.45, 7) is 1.98. The molecule has 9 nitrogen and oxygen atoms in total. The third-order valence-corrected chi connectivity index (χ3v) is 12.0. The monoisotopic (exact) mass is 792 g/mol. The van der Waals surface area contributed by atoms with E-state index in [0.29, 0.717) is 33.6 Å². The highest BCUT2D eigenvalue weighted by Crippen LogP contribution is 2.65. The molecule has 4 amide bonds.